The van der Waals surface area contributed by atoms with Crippen LogP contribution in [0.25, 0.3) is 0 Å². The summed E-state index contributed by atoms with van der Waals surface area (Å²) in [5.74, 6) is 0. The summed E-state index contributed by atoms with van der Waals surface area (Å²) >= 11 is 0. The lowest BCUT2D eigenvalue weighted by molar-refractivity contribution is 0.556. The lowest BCUT2D eigenvalue weighted by Gasteiger charge is -2.13. The van der Waals surface area contributed by atoms with Gasteiger partial charge in [-0.25, -0.2) is 9.59 Å². The molecule has 0 aliphatic heterocycles. The van der Waals surface area contributed by atoms with Crippen molar-refractivity contribution in [1.82, 2.24) is 0 Å². The van der Waals surface area contributed by atoms with E-state index in [-0.39, 0.29) is 12.1 Å². The predicted molar refractivity (Wildman–Crippen MR) is 59.5 cm³/mol. The molecule has 0 heterocycles. The SMILES string of the molecule is CC(N=C=O)c1ccccc1C(C)N=C=O. The monoisotopic (exact) mass is 216 g/mol. The van der Waals surface area contributed by atoms with E-state index in [0.717, 1.165) is 11.1 Å². The second-order valence-corrected chi connectivity index (χ2v) is 3.42. The van der Waals surface area contributed by atoms with Gasteiger partial charge in [-0.05, 0) is 25.0 Å². The maximum atomic E-state index is 10.2. The maximum absolute atomic E-state index is 10.2. The summed E-state index contributed by atoms with van der Waals surface area (Å²) in [5.41, 5.74) is 1.75. The second-order valence-electron chi connectivity index (χ2n) is 3.42. The molecule has 1 aromatic carbocycles. The minimum Gasteiger partial charge on any atom is -0.211 e. The Balaban J connectivity index is 3.18. The van der Waals surface area contributed by atoms with Crippen molar-refractivity contribution in [1.29, 1.82) is 0 Å². The van der Waals surface area contributed by atoms with Crippen LogP contribution in [-0.4, -0.2) is 12.2 Å². The second kappa shape index (κ2) is 5.76. The summed E-state index contributed by atoms with van der Waals surface area (Å²) < 4.78 is 0. The number of rotatable bonds is 4. The van der Waals surface area contributed by atoms with Crippen molar-refractivity contribution in [3.8, 4) is 0 Å². The topological polar surface area (TPSA) is 58.9 Å². The first-order valence-electron chi connectivity index (χ1n) is 4.93. The Hall–Kier alpha value is -2.02. The van der Waals surface area contributed by atoms with Crippen molar-refractivity contribution in [2.75, 3.05) is 0 Å². The third-order valence-electron chi connectivity index (χ3n) is 2.39. The van der Waals surface area contributed by atoms with E-state index in [0.29, 0.717) is 0 Å². The van der Waals surface area contributed by atoms with Gasteiger partial charge in [-0.1, -0.05) is 24.3 Å². The molecule has 0 saturated heterocycles. The molecular formula is C12H12N2O2. The van der Waals surface area contributed by atoms with E-state index in [4.69, 9.17) is 0 Å². The lowest BCUT2D eigenvalue weighted by Crippen LogP contribution is -1.99. The van der Waals surface area contributed by atoms with Gasteiger partial charge < -0.3 is 0 Å². The van der Waals surface area contributed by atoms with E-state index in [1.165, 1.54) is 12.2 Å². The summed E-state index contributed by atoms with van der Waals surface area (Å²) in [6.45, 7) is 3.59. The molecule has 0 aromatic heterocycles. The highest BCUT2D eigenvalue weighted by molar-refractivity contribution is 5.40. The molecule has 0 fully saturated rings. The molecule has 4 nitrogen and oxygen atoms in total. The van der Waals surface area contributed by atoms with Crippen LogP contribution in [0.1, 0.15) is 37.1 Å². The van der Waals surface area contributed by atoms with Crippen LogP contribution in [0, 0.1) is 0 Å². The third-order valence-corrected chi connectivity index (χ3v) is 2.39. The number of isocyanates is 2. The van der Waals surface area contributed by atoms with Crippen LogP contribution in [0.4, 0.5) is 0 Å². The van der Waals surface area contributed by atoms with E-state index < -0.39 is 0 Å². The lowest BCUT2D eigenvalue weighted by atomic mass is 9.97. The predicted octanol–water partition coefficient (Wildman–Crippen LogP) is 2.48. The molecule has 1 rings (SSSR count). The van der Waals surface area contributed by atoms with Gasteiger partial charge in [-0.3, -0.25) is 0 Å². The Morgan fingerprint density at radius 2 is 1.31 bits per heavy atom. The van der Waals surface area contributed by atoms with Crippen LogP contribution in [0.5, 0.6) is 0 Å². The third kappa shape index (κ3) is 2.74. The Morgan fingerprint density at radius 3 is 1.62 bits per heavy atom. The van der Waals surface area contributed by atoms with E-state index in [1.807, 2.05) is 24.3 Å². The molecule has 2 atom stereocenters. The van der Waals surface area contributed by atoms with Crippen LogP contribution in [0.2, 0.25) is 0 Å². The van der Waals surface area contributed by atoms with Crippen LogP contribution >= 0.6 is 0 Å². The number of carbonyl (C=O) groups excluding carboxylic acids is 2. The van der Waals surface area contributed by atoms with Gasteiger partial charge in [0.1, 0.15) is 0 Å². The summed E-state index contributed by atoms with van der Waals surface area (Å²) in [4.78, 5) is 27.7. The van der Waals surface area contributed by atoms with Gasteiger partial charge in [0.2, 0.25) is 12.2 Å². The molecule has 0 amide bonds. The van der Waals surface area contributed by atoms with Crippen LogP contribution < -0.4 is 0 Å². The maximum Gasteiger partial charge on any atom is 0.235 e. The largest absolute Gasteiger partial charge is 0.235 e. The van der Waals surface area contributed by atoms with Crippen molar-refractivity contribution >= 4 is 12.2 Å². The van der Waals surface area contributed by atoms with Gasteiger partial charge in [0, 0.05) is 0 Å². The molecule has 0 N–H and O–H groups in total. The summed E-state index contributed by atoms with van der Waals surface area (Å²) in [6, 6.07) is 6.87. The van der Waals surface area contributed by atoms with E-state index in [9.17, 15) is 9.59 Å². The molecule has 1 aromatic rings. The van der Waals surface area contributed by atoms with Crippen molar-refractivity contribution in [2.24, 2.45) is 9.98 Å². The Kier molecular flexibility index (Phi) is 4.34. The van der Waals surface area contributed by atoms with Crippen molar-refractivity contribution < 1.29 is 9.59 Å². The molecule has 82 valence electrons. The number of nitrogens with zero attached hydrogens (tertiary/aromatic N) is 2. The molecule has 4 heteroatoms. The summed E-state index contributed by atoms with van der Waals surface area (Å²) in [7, 11) is 0. The zero-order chi connectivity index (χ0) is 12.0. The molecule has 0 aliphatic rings. The zero-order valence-corrected chi connectivity index (χ0v) is 9.18. The number of aliphatic imine (C=N–C) groups is 2. The number of benzene rings is 1. The van der Waals surface area contributed by atoms with Gasteiger partial charge in [0.05, 0.1) is 12.1 Å². The average Bonchev–Trinajstić information content (AvgIpc) is 2.30. The van der Waals surface area contributed by atoms with E-state index >= 15 is 0 Å². The first-order valence-corrected chi connectivity index (χ1v) is 4.93. The number of hydrogen-bond acceptors (Lipinski definition) is 4. The van der Waals surface area contributed by atoms with Gasteiger partial charge in [0.25, 0.3) is 0 Å². The highest BCUT2D eigenvalue weighted by atomic mass is 16.1. The minimum absolute atomic E-state index is 0.280. The fourth-order valence-electron chi connectivity index (χ4n) is 1.57. The average molecular weight is 216 g/mol. The van der Waals surface area contributed by atoms with Gasteiger partial charge >= 0.3 is 0 Å². The molecule has 0 bridgehead atoms. The smallest absolute Gasteiger partial charge is 0.211 e. The van der Waals surface area contributed by atoms with Crippen molar-refractivity contribution in [3.05, 3.63) is 35.4 Å². The van der Waals surface area contributed by atoms with Gasteiger partial charge in [-0.2, -0.15) is 9.98 Å². The first-order chi connectivity index (χ1) is 7.70. The standard InChI is InChI=1S/C12H12N2O2/c1-9(13-7-15)11-5-3-4-6-12(11)10(2)14-8-16/h3-6,9-10H,1-2H3. The van der Waals surface area contributed by atoms with Gasteiger partial charge in [-0.15, -0.1) is 0 Å². The Morgan fingerprint density at radius 1 is 0.938 bits per heavy atom. The van der Waals surface area contributed by atoms with Crippen LogP contribution in [0.3, 0.4) is 0 Å². The highest BCUT2D eigenvalue weighted by Gasteiger charge is 2.13. The zero-order valence-electron chi connectivity index (χ0n) is 9.18. The van der Waals surface area contributed by atoms with Gasteiger partial charge in [0.15, 0.2) is 0 Å². The Bertz CT molecular complexity index is 415. The summed E-state index contributed by atoms with van der Waals surface area (Å²) in [5, 5.41) is 0. The number of hydrogen-bond donors (Lipinski definition) is 0. The first kappa shape index (κ1) is 12.1. The normalized spacial score (nSPS) is 13.1. The fraction of sp³-hybridized carbons (Fsp3) is 0.333. The Labute approximate surface area is 93.7 Å². The highest BCUT2D eigenvalue weighted by Crippen LogP contribution is 2.27. The molecular weight excluding hydrogens is 204 g/mol. The molecule has 16 heavy (non-hydrogen) atoms. The molecule has 2 unspecified atom stereocenters. The minimum atomic E-state index is -0.280. The fourth-order valence-corrected chi connectivity index (χ4v) is 1.57. The molecule has 0 spiro atoms. The van der Waals surface area contributed by atoms with Crippen molar-refractivity contribution in [2.45, 2.75) is 25.9 Å². The van der Waals surface area contributed by atoms with Crippen molar-refractivity contribution in [3.63, 3.8) is 0 Å². The van der Waals surface area contributed by atoms with E-state index in [2.05, 4.69) is 9.98 Å². The molecule has 0 saturated carbocycles. The molecule has 0 aliphatic carbocycles. The summed E-state index contributed by atoms with van der Waals surface area (Å²) in [6.07, 6.45) is 3.06. The molecule has 0 radical (unpaired) electrons. The van der Waals surface area contributed by atoms with E-state index in [1.54, 1.807) is 13.8 Å². The quantitative estimate of drug-likeness (QED) is 0.573. The van der Waals surface area contributed by atoms with Crippen LogP contribution in [0.15, 0.2) is 34.3 Å². The van der Waals surface area contributed by atoms with Crippen LogP contribution in [-0.2, 0) is 9.59 Å².